The van der Waals surface area contributed by atoms with Crippen LogP contribution in [-0.2, 0) is 9.53 Å². The number of halogens is 1. The van der Waals surface area contributed by atoms with Crippen molar-refractivity contribution in [3.63, 3.8) is 0 Å². The monoisotopic (exact) mass is 284 g/mol. The highest BCUT2D eigenvalue weighted by Gasteiger charge is 2.11. The molecule has 1 rings (SSSR count). The van der Waals surface area contributed by atoms with E-state index in [4.69, 9.17) is 22.7 Å². The Morgan fingerprint density at radius 1 is 1.58 bits per heavy atom. The van der Waals surface area contributed by atoms with Gasteiger partial charge in [0.1, 0.15) is 10.8 Å². The van der Waals surface area contributed by atoms with Crippen LogP contribution in [0.15, 0.2) is 18.2 Å². The van der Waals surface area contributed by atoms with Crippen molar-refractivity contribution in [2.45, 2.75) is 13.3 Å². The summed E-state index contributed by atoms with van der Waals surface area (Å²) in [6.45, 7) is 2.42. The maximum Gasteiger partial charge on any atom is 0.224 e. The van der Waals surface area contributed by atoms with Crippen LogP contribution >= 0.6 is 12.2 Å². The lowest BCUT2D eigenvalue weighted by Gasteiger charge is -2.11. The third-order valence-electron chi connectivity index (χ3n) is 2.50. The van der Waals surface area contributed by atoms with E-state index in [1.807, 2.05) is 6.92 Å². The average Bonchev–Trinajstić information content (AvgIpc) is 2.31. The highest BCUT2D eigenvalue weighted by atomic mass is 32.1. The van der Waals surface area contributed by atoms with Crippen molar-refractivity contribution in [2.24, 2.45) is 11.7 Å². The molecule has 0 aliphatic heterocycles. The Morgan fingerprint density at radius 3 is 2.84 bits per heavy atom. The minimum atomic E-state index is -0.502. The molecule has 0 saturated heterocycles. The number of benzene rings is 1. The van der Waals surface area contributed by atoms with Crippen LogP contribution in [0.25, 0.3) is 0 Å². The van der Waals surface area contributed by atoms with E-state index < -0.39 is 5.82 Å². The predicted octanol–water partition coefficient (Wildman–Crippen LogP) is 2.07. The minimum Gasteiger partial charge on any atom is -0.389 e. The number of hydrogen-bond donors (Lipinski definition) is 2. The summed E-state index contributed by atoms with van der Waals surface area (Å²) in [7, 11) is 1.59. The summed E-state index contributed by atoms with van der Waals surface area (Å²) in [5, 5.41) is 2.68. The third kappa shape index (κ3) is 4.92. The summed E-state index contributed by atoms with van der Waals surface area (Å²) in [6.07, 6.45) is 0.327. The number of amides is 1. The smallest absolute Gasteiger partial charge is 0.224 e. The summed E-state index contributed by atoms with van der Waals surface area (Å²) in [6, 6.07) is 4.12. The second-order valence-corrected chi connectivity index (χ2v) is 4.81. The van der Waals surface area contributed by atoms with E-state index in [9.17, 15) is 9.18 Å². The maximum absolute atomic E-state index is 13.4. The number of nitrogens with one attached hydrogen (secondary N) is 1. The highest BCUT2D eigenvalue weighted by Crippen LogP contribution is 2.15. The van der Waals surface area contributed by atoms with Gasteiger partial charge < -0.3 is 15.8 Å². The molecule has 0 aliphatic rings. The van der Waals surface area contributed by atoms with Crippen LogP contribution in [0.3, 0.4) is 0 Å². The lowest BCUT2D eigenvalue weighted by atomic mass is 10.1. The fourth-order valence-electron chi connectivity index (χ4n) is 1.66. The van der Waals surface area contributed by atoms with Gasteiger partial charge in [0, 0.05) is 31.4 Å². The highest BCUT2D eigenvalue weighted by molar-refractivity contribution is 7.80. The van der Waals surface area contributed by atoms with Crippen LogP contribution in [0.4, 0.5) is 10.1 Å². The predicted molar refractivity (Wildman–Crippen MR) is 76.6 cm³/mol. The SMILES string of the molecule is COCC(C)CC(=O)Nc1ccc(F)c(C(N)=S)c1. The number of carbonyl (C=O) groups is 1. The van der Waals surface area contributed by atoms with E-state index in [1.54, 1.807) is 7.11 Å². The molecule has 0 fully saturated rings. The molecule has 1 aromatic carbocycles. The second kappa shape index (κ2) is 7.16. The molecule has 0 radical (unpaired) electrons. The van der Waals surface area contributed by atoms with Crippen LogP contribution in [0.1, 0.15) is 18.9 Å². The van der Waals surface area contributed by atoms with E-state index in [0.717, 1.165) is 0 Å². The first-order chi connectivity index (χ1) is 8.93. The van der Waals surface area contributed by atoms with Crippen LogP contribution in [0, 0.1) is 11.7 Å². The van der Waals surface area contributed by atoms with Gasteiger partial charge in [-0.25, -0.2) is 4.39 Å². The minimum absolute atomic E-state index is 0.0404. The van der Waals surface area contributed by atoms with Gasteiger partial charge in [0.05, 0.1) is 0 Å². The molecule has 19 heavy (non-hydrogen) atoms. The van der Waals surface area contributed by atoms with Crippen LogP contribution in [-0.4, -0.2) is 24.6 Å². The molecule has 0 saturated carbocycles. The van der Waals surface area contributed by atoms with Crippen molar-refractivity contribution in [3.05, 3.63) is 29.6 Å². The number of rotatable bonds is 6. The zero-order valence-corrected chi connectivity index (χ0v) is 11.7. The molecule has 1 unspecified atom stereocenters. The van der Waals surface area contributed by atoms with Crippen LogP contribution < -0.4 is 11.1 Å². The molecular formula is C13H17FN2O2S. The molecule has 3 N–H and O–H groups in total. The first-order valence-corrected chi connectivity index (χ1v) is 6.23. The number of anilines is 1. The fourth-order valence-corrected chi connectivity index (χ4v) is 1.82. The zero-order valence-electron chi connectivity index (χ0n) is 10.9. The molecule has 0 aliphatic carbocycles. The van der Waals surface area contributed by atoms with Crippen molar-refractivity contribution < 1.29 is 13.9 Å². The van der Waals surface area contributed by atoms with Gasteiger partial charge in [0.25, 0.3) is 0 Å². The van der Waals surface area contributed by atoms with E-state index >= 15 is 0 Å². The molecule has 0 heterocycles. The van der Waals surface area contributed by atoms with Gasteiger partial charge in [-0.2, -0.15) is 0 Å². The van der Waals surface area contributed by atoms with Crippen LogP contribution in [0.5, 0.6) is 0 Å². The summed E-state index contributed by atoms with van der Waals surface area (Å²) in [4.78, 5) is 11.7. The average molecular weight is 284 g/mol. The number of thiocarbonyl (C=S) groups is 1. The Kier molecular flexibility index (Phi) is 5.85. The largest absolute Gasteiger partial charge is 0.389 e. The molecule has 104 valence electrons. The van der Waals surface area contributed by atoms with Gasteiger partial charge in [0.15, 0.2) is 0 Å². The number of methoxy groups -OCH3 is 1. The van der Waals surface area contributed by atoms with Crippen molar-refractivity contribution >= 4 is 28.8 Å². The van der Waals surface area contributed by atoms with Gasteiger partial charge in [-0.15, -0.1) is 0 Å². The summed E-state index contributed by atoms with van der Waals surface area (Å²) in [5.74, 6) is -0.552. The molecular weight excluding hydrogens is 267 g/mol. The quantitative estimate of drug-likeness (QED) is 0.785. The number of hydrogen-bond acceptors (Lipinski definition) is 3. The van der Waals surface area contributed by atoms with Gasteiger partial charge in [0.2, 0.25) is 5.91 Å². The maximum atomic E-state index is 13.4. The Bertz CT molecular complexity index is 480. The number of ether oxygens (including phenoxy) is 1. The Hall–Kier alpha value is -1.53. The topological polar surface area (TPSA) is 64.3 Å². The third-order valence-corrected chi connectivity index (χ3v) is 2.72. The first kappa shape index (κ1) is 15.5. The van der Waals surface area contributed by atoms with Gasteiger partial charge in [-0.05, 0) is 24.1 Å². The summed E-state index contributed by atoms with van der Waals surface area (Å²) < 4.78 is 18.3. The van der Waals surface area contributed by atoms with E-state index in [1.165, 1.54) is 18.2 Å². The Balaban J connectivity index is 2.69. The molecule has 1 amide bonds. The molecule has 0 bridgehead atoms. The van der Waals surface area contributed by atoms with Crippen molar-refractivity contribution in [2.75, 3.05) is 19.0 Å². The molecule has 0 spiro atoms. The first-order valence-electron chi connectivity index (χ1n) is 5.82. The lowest BCUT2D eigenvalue weighted by Crippen LogP contribution is -2.18. The standard InChI is InChI=1S/C13H17FN2O2S/c1-8(7-18-2)5-12(17)16-9-3-4-11(14)10(6-9)13(15)19/h3-4,6,8H,5,7H2,1-2H3,(H2,15,19)(H,16,17). The van der Waals surface area contributed by atoms with Crippen LogP contribution in [0.2, 0.25) is 0 Å². The second-order valence-electron chi connectivity index (χ2n) is 4.37. The van der Waals surface area contributed by atoms with Gasteiger partial charge in [-0.3, -0.25) is 4.79 Å². The van der Waals surface area contributed by atoms with Crippen molar-refractivity contribution in [3.8, 4) is 0 Å². The fraction of sp³-hybridized carbons (Fsp3) is 0.385. The molecule has 1 aromatic rings. The molecule has 1 atom stereocenters. The van der Waals surface area contributed by atoms with E-state index in [0.29, 0.717) is 18.7 Å². The van der Waals surface area contributed by atoms with Crippen molar-refractivity contribution in [1.29, 1.82) is 0 Å². The normalized spacial score (nSPS) is 11.9. The van der Waals surface area contributed by atoms with E-state index in [-0.39, 0.29) is 22.4 Å². The Labute approximate surface area is 117 Å². The molecule has 4 nitrogen and oxygen atoms in total. The van der Waals surface area contributed by atoms with E-state index in [2.05, 4.69) is 5.32 Å². The zero-order chi connectivity index (χ0) is 14.4. The van der Waals surface area contributed by atoms with Crippen molar-refractivity contribution in [1.82, 2.24) is 0 Å². The molecule has 0 aromatic heterocycles. The van der Waals surface area contributed by atoms with Gasteiger partial charge in [-0.1, -0.05) is 19.1 Å². The molecule has 6 heteroatoms. The van der Waals surface area contributed by atoms with Gasteiger partial charge >= 0.3 is 0 Å². The Morgan fingerprint density at radius 2 is 2.26 bits per heavy atom. The number of nitrogens with two attached hydrogens (primary N) is 1. The summed E-state index contributed by atoms with van der Waals surface area (Å²) in [5.41, 5.74) is 5.99. The number of carbonyl (C=O) groups excluding carboxylic acids is 1. The lowest BCUT2D eigenvalue weighted by molar-refractivity contribution is -0.117. The summed E-state index contributed by atoms with van der Waals surface area (Å²) >= 11 is 4.74.